The predicted molar refractivity (Wildman–Crippen MR) is 48.5 cm³/mol. The van der Waals surface area contributed by atoms with E-state index < -0.39 is 5.97 Å². The van der Waals surface area contributed by atoms with Gasteiger partial charge in [-0.3, -0.25) is 4.79 Å². The Morgan fingerprint density at radius 3 is 2.69 bits per heavy atom. The molecular formula is C8H14N2O3. The van der Waals surface area contributed by atoms with Gasteiger partial charge in [-0.1, -0.05) is 6.08 Å². The smallest absolute Gasteiger partial charge is 0.317 e. The van der Waals surface area contributed by atoms with Gasteiger partial charge in [-0.2, -0.15) is 0 Å². The van der Waals surface area contributed by atoms with E-state index in [0.29, 0.717) is 6.54 Å². The molecule has 0 spiro atoms. The molecule has 2 amide bonds. The normalized spacial score (nSPS) is 9.00. The number of urea groups is 1. The van der Waals surface area contributed by atoms with Crippen LogP contribution in [-0.2, 0) is 4.79 Å². The predicted octanol–water partition coefficient (Wildman–Crippen LogP) is 0.288. The first-order chi connectivity index (χ1) is 6.07. The zero-order valence-corrected chi connectivity index (χ0v) is 7.62. The number of rotatable bonds is 5. The molecule has 0 aromatic rings. The number of carboxylic acid groups (broad SMARTS) is 1. The first-order valence-electron chi connectivity index (χ1n) is 3.89. The van der Waals surface area contributed by atoms with E-state index in [1.165, 1.54) is 4.90 Å². The fourth-order valence-electron chi connectivity index (χ4n) is 0.659. The fraction of sp³-hybridized carbons (Fsp3) is 0.500. The topological polar surface area (TPSA) is 69.6 Å². The van der Waals surface area contributed by atoms with Crippen molar-refractivity contribution < 1.29 is 14.7 Å². The quantitative estimate of drug-likeness (QED) is 0.606. The molecular weight excluding hydrogens is 172 g/mol. The molecule has 0 saturated heterocycles. The molecule has 0 radical (unpaired) electrons. The maximum Gasteiger partial charge on any atom is 0.317 e. The van der Waals surface area contributed by atoms with Crippen molar-refractivity contribution in [2.45, 2.75) is 6.42 Å². The number of hydrogen-bond donors (Lipinski definition) is 2. The van der Waals surface area contributed by atoms with Gasteiger partial charge >= 0.3 is 12.0 Å². The first-order valence-corrected chi connectivity index (χ1v) is 3.89. The van der Waals surface area contributed by atoms with Gasteiger partial charge in [0.1, 0.15) is 0 Å². The number of amides is 2. The number of carbonyl (C=O) groups is 2. The Balaban J connectivity index is 3.68. The summed E-state index contributed by atoms with van der Waals surface area (Å²) < 4.78 is 0. The molecule has 0 saturated carbocycles. The van der Waals surface area contributed by atoms with Crippen LogP contribution in [0.4, 0.5) is 4.79 Å². The number of hydrogen-bond acceptors (Lipinski definition) is 2. The second kappa shape index (κ2) is 6.05. The van der Waals surface area contributed by atoms with Crippen molar-refractivity contribution in [3.63, 3.8) is 0 Å². The highest BCUT2D eigenvalue weighted by molar-refractivity contribution is 5.75. The molecule has 74 valence electrons. The van der Waals surface area contributed by atoms with Crippen molar-refractivity contribution in [3.8, 4) is 0 Å². The van der Waals surface area contributed by atoms with Crippen LogP contribution in [0.5, 0.6) is 0 Å². The maximum absolute atomic E-state index is 11.1. The van der Waals surface area contributed by atoms with E-state index in [0.717, 1.165) is 0 Å². The summed E-state index contributed by atoms with van der Waals surface area (Å²) in [6.07, 6.45) is 1.51. The summed E-state index contributed by atoms with van der Waals surface area (Å²) in [4.78, 5) is 22.6. The highest BCUT2D eigenvalue weighted by Crippen LogP contribution is 1.88. The van der Waals surface area contributed by atoms with Crippen molar-refractivity contribution in [2.24, 2.45) is 0 Å². The van der Waals surface area contributed by atoms with Gasteiger partial charge < -0.3 is 15.3 Å². The van der Waals surface area contributed by atoms with Crippen molar-refractivity contribution in [2.75, 3.05) is 20.1 Å². The van der Waals surface area contributed by atoms with Gasteiger partial charge in [0.05, 0.1) is 6.42 Å². The highest BCUT2D eigenvalue weighted by Gasteiger charge is 2.07. The second-order valence-corrected chi connectivity index (χ2v) is 2.54. The molecule has 0 heterocycles. The van der Waals surface area contributed by atoms with Crippen LogP contribution in [0.2, 0.25) is 0 Å². The molecule has 0 aliphatic carbocycles. The zero-order valence-electron chi connectivity index (χ0n) is 7.62. The Morgan fingerprint density at radius 2 is 2.23 bits per heavy atom. The lowest BCUT2D eigenvalue weighted by Gasteiger charge is -2.15. The SMILES string of the molecule is C=CCNC(=O)N(C)CCC(=O)O. The average Bonchev–Trinajstić information content (AvgIpc) is 2.10. The van der Waals surface area contributed by atoms with E-state index in [1.54, 1.807) is 13.1 Å². The van der Waals surface area contributed by atoms with Crippen molar-refractivity contribution >= 4 is 12.0 Å². The van der Waals surface area contributed by atoms with Gasteiger partial charge in [-0.05, 0) is 0 Å². The largest absolute Gasteiger partial charge is 0.481 e. The minimum absolute atomic E-state index is 0.0436. The van der Waals surface area contributed by atoms with Gasteiger partial charge in [-0.15, -0.1) is 6.58 Å². The third-order valence-corrected chi connectivity index (χ3v) is 1.41. The molecule has 5 heteroatoms. The summed E-state index contributed by atoms with van der Waals surface area (Å²) in [6.45, 7) is 4.03. The highest BCUT2D eigenvalue weighted by atomic mass is 16.4. The van der Waals surface area contributed by atoms with Crippen LogP contribution in [0, 0.1) is 0 Å². The number of aliphatic carboxylic acids is 1. The Labute approximate surface area is 77.0 Å². The molecule has 0 aromatic heterocycles. The molecule has 0 bridgehead atoms. The van der Waals surface area contributed by atoms with Gasteiger partial charge in [0.25, 0.3) is 0 Å². The summed E-state index contributed by atoms with van der Waals surface area (Å²) in [5.74, 6) is -0.914. The molecule has 0 rings (SSSR count). The molecule has 0 aliphatic heterocycles. The van der Waals surface area contributed by atoms with E-state index >= 15 is 0 Å². The lowest BCUT2D eigenvalue weighted by molar-refractivity contribution is -0.137. The number of carbonyl (C=O) groups excluding carboxylic acids is 1. The van der Waals surface area contributed by atoms with E-state index in [4.69, 9.17) is 5.11 Å². The lowest BCUT2D eigenvalue weighted by atomic mass is 10.4. The molecule has 5 nitrogen and oxygen atoms in total. The van der Waals surface area contributed by atoms with Crippen LogP contribution >= 0.6 is 0 Å². The van der Waals surface area contributed by atoms with E-state index in [2.05, 4.69) is 11.9 Å². The van der Waals surface area contributed by atoms with Crippen LogP contribution in [0.25, 0.3) is 0 Å². The van der Waals surface area contributed by atoms with E-state index in [-0.39, 0.29) is 19.0 Å². The fourth-order valence-corrected chi connectivity index (χ4v) is 0.659. The van der Waals surface area contributed by atoms with Crippen LogP contribution < -0.4 is 5.32 Å². The standard InChI is InChI=1S/C8H14N2O3/c1-3-5-9-8(13)10(2)6-4-7(11)12/h3H,1,4-6H2,2H3,(H,9,13)(H,11,12). The van der Waals surface area contributed by atoms with Crippen LogP contribution in [0.15, 0.2) is 12.7 Å². The van der Waals surface area contributed by atoms with E-state index in [1.807, 2.05) is 0 Å². The number of nitrogens with one attached hydrogen (secondary N) is 1. The molecule has 0 unspecified atom stereocenters. The van der Waals surface area contributed by atoms with Gasteiger partial charge in [0.2, 0.25) is 0 Å². The van der Waals surface area contributed by atoms with Gasteiger partial charge in [-0.25, -0.2) is 4.79 Å². The Hall–Kier alpha value is -1.52. The minimum atomic E-state index is -0.914. The summed E-state index contributed by atoms with van der Waals surface area (Å²) in [5.41, 5.74) is 0. The second-order valence-electron chi connectivity index (χ2n) is 2.54. The number of nitrogens with zero attached hydrogens (tertiary/aromatic N) is 1. The summed E-state index contributed by atoms with van der Waals surface area (Å²) in [5, 5.41) is 10.9. The first kappa shape index (κ1) is 11.5. The minimum Gasteiger partial charge on any atom is -0.481 e. The van der Waals surface area contributed by atoms with Crippen molar-refractivity contribution in [3.05, 3.63) is 12.7 Å². The number of carboxylic acids is 1. The molecule has 13 heavy (non-hydrogen) atoms. The lowest BCUT2D eigenvalue weighted by Crippen LogP contribution is -2.38. The molecule has 0 aromatic carbocycles. The van der Waals surface area contributed by atoms with E-state index in [9.17, 15) is 9.59 Å². The Morgan fingerprint density at radius 1 is 1.62 bits per heavy atom. The van der Waals surface area contributed by atoms with Gasteiger partial charge in [0, 0.05) is 20.1 Å². The summed E-state index contributed by atoms with van der Waals surface area (Å²) in [7, 11) is 1.54. The maximum atomic E-state index is 11.1. The van der Waals surface area contributed by atoms with Crippen molar-refractivity contribution in [1.82, 2.24) is 10.2 Å². The molecule has 2 N–H and O–H groups in total. The third kappa shape index (κ3) is 5.72. The summed E-state index contributed by atoms with van der Waals surface area (Å²) >= 11 is 0. The molecule has 0 atom stereocenters. The summed E-state index contributed by atoms with van der Waals surface area (Å²) in [6, 6.07) is -0.291. The molecule has 0 aliphatic rings. The van der Waals surface area contributed by atoms with Crippen LogP contribution in [0.3, 0.4) is 0 Å². The van der Waals surface area contributed by atoms with Gasteiger partial charge in [0.15, 0.2) is 0 Å². The zero-order chi connectivity index (χ0) is 10.3. The average molecular weight is 186 g/mol. The Bertz CT molecular complexity index is 204. The monoisotopic (exact) mass is 186 g/mol. The Kier molecular flexibility index (Phi) is 5.34. The third-order valence-electron chi connectivity index (χ3n) is 1.41. The van der Waals surface area contributed by atoms with Crippen LogP contribution in [0.1, 0.15) is 6.42 Å². The molecule has 0 fully saturated rings. The van der Waals surface area contributed by atoms with Crippen molar-refractivity contribution in [1.29, 1.82) is 0 Å². The van der Waals surface area contributed by atoms with Crippen LogP contribution in [-0.4, -0.2) is 42.1 Å².